The van der Waals surface area contributed by atoms with E-state index in [2.05, 4.69) is 10.3 Å². The molecule has 1 aliphatic rings. The van der Waals surface area contributed by atoms with Crippen molar-refractivity contribution in [1.82, 2.24) is 10.3 Å². The Hall–Kier alpha value is -1.29. The summed E-state index contributed by atoms with van der Waals surface area (Å²) in [5.74, 6) is 0.245. The van der Waals surface area contributed by atoms with Crippen LogP contribution in [0.1, 0.15) is 30.1 Å². The van der Waals surface area contributed by atoms with E-state index in [9.17, 15) is 9.90 Å². The maximum atomic E-state index is 11.6. The fourth-order valence-corrected chi connectivity index (χ4v) is 1.69. The zero-order valence-corrected chi connectivity index (χ0v) is 8.73. The molecule has 82 valence electrons. The van der Waals surface area contributed by atoms with Crippen molar-refractivity contribution < 1.29 is 9.90 Å². The number of rotatable bonds is 4. The summed E-state index contributed by atoms with van der Waals surface area (Å²) in [4.78, 5) is 14.4. The summed E-state index contributed by atoms with van der Waals surface area (Å²) in [7, 11) is 0. The van der Waals surface area contributed by atoms with Crippen molar-refractivity contribution in [3.63, 3.8) is 0 Å². The van der Waals surface area contributed by atoms with Crippen molar-refractivity contribution in [2.45, 2.75) is 31.9 Å². The lowest BCUT2D eigenvalue weighted by atomic mass is 10.1. The minimum Gasteiger partial charge on any atom is -0.391 e. The molecule has 0 spiro atoms. The molecule has 3 N–H and O–H groups in total. The first-order valence-electron chi connectivity index (χ1n) is 5.30. The molecule has 0 saturated heterocycles. The maximum absolute atomic E-state index is 11.6. The largest absolute Gasteiger partial charge is 0.391 e. The SMILES string of the molecule is CC(NC(=O)c1cc[nH]c1)C(O)C1CC1. The van der Waals surface area contributed by atoms with Crippen LogP contribution in [0.5, 0.6) is 0 Å². The highest BCUT2D eigenvalue weighted by Gasteiger charge is 2.33. The minimum atomic E-state index is -0.409. The molecule has 1 saturated carbocycles. The van der Waals surface area contributed by atoms with Crippen molar-refractivity contribution >= 4 is 5.91 Å². The Bertz CT molecular complexity index is 330. The third-order valence-electron chi connectivity index (χ3n) is 2.84. The number of amides is 1. The fourth-order valence-electron chi connectivity index (χ4n) is 1.69. The highest BCUT2D eigenvalue weighted by Crippen LogP contribution is 2.33. The number of hydrogen-bond donors (Lipinski definition) is 3. The van der Waals surface area contributed by atoms with Crippen LogP contribution < -0.4 is 5.32 Å². The lowest BCUT2D eigenvalue weighted by molar-refractivity contribution is 0.0809. The van der Waals surface area contributed by atoms with E-state index in [1.165, 1.54) is 0 Å². The monoisotopic (exact) mass is 208 g/mol. The molecule has 1 aromatic heterocycles. The topological polar surface area (TPSA) is 65.1 Å². The van der Waals surface area contributed by atoms with Gasteiger partial charge in [-0.1, -0.05) is 0 Å². The van der Waals surface area contributed by atoms with Crippen LogP contribution in [-0.4, -0.2) is 28.1 Å². The Labute approximate surface area is 88.7 Å². The molecule has 1 aromatic rings. The summed E-state index contributed by atoms with van der Waals surface area (Å²) in [6.45, 7) is 1.84. The molecule has 4 nitrogen and oxygen atoms in total. The van der Waals surface area contributed by atoms with Gasteiger partial charge in [-0.15, -0.1) is 0 Å². The summed E-state index contributed by atoms with van der Waals surface area (Å²) in [6.07, 6.45) is 5.09. The average molecular weight is 208 g/mol. The smallest absolute Gasteiger partial charge is 0.253 e. The van der Waals surface area contributed by atoms with Crippen LogP contribution in [-0.2, 0) is 0 Å². The zero-order chi connectivity index (χ0) is 10.8. The van der Waals surface area contributed by atoms with Gasteiger partial charge in [-0.2, -0.15) is 0 Å². The first kappa shape index (κ1) is 10.2. The molecule has 2 rings (SSSR count). The van der Waals surface area contributed by atoms with Gasteiger partial charge < -0.3 is 15.4 Å². The molecular weight excluding hydrogens is 192 g/mol. The van der Waals surface area contributed by atoms with Gasteiger partial charge in [-0.3, -0.25) is 4.79 Å². The van der Waals surface area contributed by atoms with Crippen LogP contribution in [0.25, 0.3) is 0 Å². The average Bonchev–Trinajstić information content (AvgIpc) is 2.91. The Morgan fingerprint density at radius 3 is 2.93 bits per heavy atom. The Morgan fingerprint density at radius 2 is 2.40 bits per heavy atom. The molecule has 15 heavy (non-hydrogen) atoms. The molecule has 1 amide bonds. The number of carbonyl (C=O) groups is 1. The van der Waals surface area contributed by atoms with E-state index in [1.807, 2.05) is 6.92 Å². The standard InChI is InChI=1S/C11H16N2O2/c1-7(10(14)8-2-3-8)13-11(15)9-4-5-12-6-9/h4-8,10,12,14H,2-3H2,1H3,(H,13,15). The van der Waals surface area contributed by atoms with E-state index >= 15 is 0 Å². The predicted molar refractivity (Wildman–Crippen MR) is 56.5 cm³/mol. The van der Waals surface area contributed by atoms with Crippen molar-refractivity contribution in [1.29, 1.82) is 0 Å². The van der Waals surface area contributed by atoms with Crippen LogP contribution >= 0.6 is 0 Å². The lowest BCUT2D eigenvalue weighted by Crippen LogP contribution is -2.42. The first-order valence-corrected chi connectivity index (χ1v) is 5.30. The third-order valence-corrected chi connectivity index (χ3v) is 2.84. The number of nitrogens with one attached hydrogen (secondary N) is 2. The molecule has 4 heteroatoms. The summed E-state index contributed by atoms with van der Waals surface area (Å²) < 4.78 is 0. The van der Waals surface area contributed by atoms with Gasteiger partial charge in [0.05, 0.1) is 17.7 Å². The molecule has 2 unspecified atom stereocenters. The Balaban J connectivity index is 1.88. The number of H-pyrrole nitrogens is 1. The summed E-state index contributed by atoms with van der Waals surface area (Å²) >= 11 is 0. The van der Waals surface area contributed by atoms with Crippen LogP contribution in [0.15, 0.2) is 18.5 Å². The second-order valence-electron chi connectivity index (χ2n) is 4.19. The van der Waals surface area contributed by atoms with E-state index in [1.54, 1.807) is 18.5 Å². The number of aromatic amines is 1. The summed E-state index contributed by atoms with van der Waals surface area (Å²) in [5, 5.41) is 12.6. The van der Waals surface area contributed by atoms with Crippen LogP contribution in [0.2, 0.25) is 0 Å². The molecule has 0 aromatic carbocycles. The second kappa shape index (κ2) is 4.06. The van der Waals surface area contributed by atoms with Crippen LogP contribution in [0.3, 0.4) is 0 Å². The van der Waals surface area contributed by atoms with Gasteiger partial charge in [-0.05, 0) is 31.7 Å². The molecule has 0 aliphatic heterocycles. The number of aromatic nitrogens is 1. The molecular formula is C11H16N2O2. The van der Waals surface area contributed by atoms with Crippen LogP contribution in [0.4, 0.5) is 0 Å². The van der Waals surface area contributed by atoms with E-state index < -0.39 is 6.10 Å². The van der Waals surface area contributed by atoms with Gasteiger partial charge in [0.1, 0.15) is 0 Å². The molecule has 2 atom stereocenters. The van der Waals surface area contributed by atoms with E-state index in [4.69, 9.17) is 0 Å². The molecule has 1 aliphatic carbocycles. The summed E-state index contributed by atoms with van der Waals surface area (Å²) in [6, 6.07) is 1.53. The third kappa shape index (κ3) is 2.39. The Morgan fingerprint density at radius 1 is 1.67 bits per heavy atom. The maximum Gasteiger partial charge on any atom is 0.253 e. The lowest BCUT2D eigenvalue weighted by Gasteiger charge is -2.19. The highest BCUT2D eigenvalue weighted by atomic mass is 16.3. The number of aliphatic hydroxyl groups excluding tert-OH is 1. The first-order chi connectivity index (χ1) is 7.18. The van der Waals surface area contributed by atoms with Gasteiger partial charge in [0.2, 0.25) is 0 Å². The summed E-state index contributed by atoms with van der Waals surface area (Å²) in [5.41, 5.74) is 0.602. The van der Waals surface area contributed by atoms with Crippen LogP contribution in [0, 0.1) is 5.92 Å². The van der Waals surface area contributed by atoms with Crippen molar-refractivity contribution in [3.05, 3.63) is 24.0 Å². The fraction of sp³-hybridized carbons (Fsp3) is 0.545. The quantitative estimate of drug-likeness (QED) is 0.688. The number of hydrogen-bond acceptors (Lipinski definition) is 2. The molecule has 1 heterocycles. The zero-order valence-electron chi connectivity index (χ0n) is 8.73. The number of aliphatic hydroxyl groups is 1. The minimum absolute atomic E-state index is 0.136. The predicted octanol–water partition coefficient (Wildman–Crippen LogP) is 0.904. The van der Waals surface area contributed by atoms with E-state index in [-0.39, 0.29) is 11.9 Å². The van der Waals surface area contributed by atoms with E-state index in [0.717, 1.165) is 12.8 Å². The van der Waals surface area contributed by atoms with Gasteiger partial charge in [0.15, 0.2) is 0 Å². The van der Waals surface area contributed by atoms with Crippen molar-refractivity contribution in [2.24, 2.45) is 5.92 Å². The molecule has 0 bridgehead atoms. The van der Waals surface area contributed by atoms with Gasteiger partial charge in [-0.25, -0.2) is 0 Å². The van der Waals surface area contributed by atoms with Crippen molar-refractivity contribution in [3.8, 4) is 0 Å². The highest BCUT2D eigenvalue weighted by molar-refractivity contribution is 5.94. The normalized spacial score (nSPS) is 19.6. The molecule has 0 radical (unpaired) electrons. The van der Waals surface area contributed by atoms with Gasteiger partial charge >= 0.3 is 0 Å². The molecule has 1 fully saturated rings. The van der Waals surface area contributed by atoms with Gasteiger partial charge in [0.25, 0.3) is 5.91 Å². The second-order valence-corrected chi connectivity index (χ2v) is 4.19. The van der Waals surface area contributed by atoms with Gasteiger partial charge in [0, 0.05) is 12.4 Å². The van der Waals surface area contributed by atoms with Crippen molar-refractivity contribution in [2.75, 3.05) is 0 Å². The number of carbonyl (C=O) groups excluding carboxylic acids is 1. The Kier molecular flexibility index (Phi) is 2.77. The van der Waals surface area contributed by atoms with E-state index in [0.29, 0.717) is 11.5 Å².